The van der Waals surface area contributed by atoms with Crippen LogP contribution in [0.2, 0.25) is 0 Å². The van der Waals surface area contributed by atoms with Crippen molar-refractivity contribution in [1.29, 1.82) is 0 Å². The number of aldehydes is 1. The van der Waals surface area contributed by atoms with Gasteiger partial charge < -0.3 is 4.79 Å². The van der Waals surface area contributed by atoms with E-state index in [9.17, 15) is 4.39 Å². The van der Waals surface area contributed by atoms with Crippen LogP contribution >= 0.6 is 0 Å². The smallest absolute Gasteiger partial charge is 0.116 e. The van der Waals surface area contributed by atoms with Crippen LogP contribution in [0.25, 0.3) is 0 Å². The average Bonchev–Trinajstić information content (AvgIpc) is 1.91. The summed E-state index contributed by atoms with van der Waals surface area (Å²) in [7, 11) is 0. The van der Waals surface area contributed by atoms with Crippen molar-refractivity contribution in [3.63, 3.8) is 0 Å². The van der Waals surface area contributed by atoms with E-state index < -0.39 is 6.17 Å². The minimum atomic E-state index is -0.464. The maximum absolute atomic E-state index is 12.2. The fourth-order valence-corrected chi connectivity index (χ4v) is 1.05. The summed E-state index contributed by atoms with van der Waals surface area (Å²) in [4.78, 5) is 8.81. The molecule has 1 aliphatic carbocycles. The maximum atomic E-state index is 12.2. The first-order chi connectivity index (χ1) is 4.81. The molecule has 10 heavy (non-hydrogen) atoms. The van der Waals surface area contributed by atoms with Crippen LogP contribution in [0, 0.1) is 0 Å². The van der Waals surface area contributed by atoms with Gasteiger partial charge in [-0.2, -0.15) is 0 Å². The van der Waals surface area contributed by atoms with Crippen LogP contribution in [0.4, 0.5) is 4.39 Å². The summed E-state index contributed by atoms with van der Waals surface area (Å²) >= 11 is 0. The lowest BCUT2D eigenvalue weighted by Crippen LogP contribution is -2.04. The minimum Gasteiger partial charge on any atom is -0.304 e. The van der Waals surface area contributed by atoms with E-state index in [1.165, 1.54) is 13.3 Å². The molecule has 0 aromatic rings. The molecule has 1 fully saturated rings. The summed E-state index contributed by atoms with van der Waals surface area (Å²) in [5, 5.41) is 0. The van der Waals surface area contributed by atoms with Gasteiger partial charge in [0.15, 0.2) is 0 Å². The molecule has 0 aromatic heterocycles. The SMILES string of the molecule is CC=O.FC1CCCCC1. The van der Waals surface area contributed by atoms with Crippen molar-refractivity contribution in [3.8, 4) is 0 Å². The van der Waals surface area contributed by atoms with Gasteiger partial charge >= 0.3 is 0 Å². The van der Waals surface area contributed by atoms with Crippen molar-refractivity contribution in [2.75, 3.05) is 0 Å². The fraction of sp³-hybridized carbons (Fsp3) is 0.875. The highest BCUT2D eigenvalue weighted by Gasteiger charge is 2.09. The minimum absolute atomic E-state index is 0.464. The molecule has 1 rings (SSSR count). The number of carbonyl (C=O) groups excluding carboxylic acids is 1. The molecule has 0 unspecified atom stereocenters. The molecule has 0 spiro atoms. The second kappa shape index (κ2) is 6.72. The van der Waals surface area contributed by atoms with Gasteiger partial charge in [-0.05, 0) is 19.8 Å². The molecule has 0 amide bonds. The number of rotatable bonds is 0. The lowest BCUT2D eigenvalue weighted by Gasteiger charge is -2.12. The molecular weight excluding hydrogens is 131 g/mol. The third-order valence-electron chi connectivity index (χ3n) is 1.53. The van der Waals surface area contributed by atoms with Crippen LogP contribution in [0.3, 0.4) is 0 Å². The number of carbonyl (C=O) groups is 1. The van der Waals surface area contributed by atoms with Gasteiger partial charge in [-0.15, -0.1) is 0 Å². The summed E-state index contributed by atoms with van der Waals surface area (Å²) in [5.74, 6) is 0. The predicted molar refractivity (Wildman–Crippen MR) is 39.7 cm³/mol. The van der Waals surface area contributed by atoms with Crippen molar-refractivity contribution in [2.45, 2.75) is 45.2 Å². The summed E-state index contributed by atoms with van der Waals surface area (Å²) < 4.78 is 12.2. The number of alkyl halides is 1. The second-order valence-electron chi connectivity index (χ2n) is 2.47. The van der Waals surface area contributed by atoms with Gasteiger partial charge in [-0.3, -0.25) is 0 Å². The van der Waals surface area contributed by atoms with E-state index in [4.69, 9.17) is 4.79 Å². The Labute approximate surface area is 61.6 Å². The number of hydrogen-bond acceptors (Lipinski definition) is 1. The van der Waals surface area contributed by atoms with E-state index in [2.05, 4.69) is 0 Å². The molecule has 0 saturated heterocycles. The lowest BCUT2D eigenvalue weighted by molar-refractivity contribution is -0.106. The molecule has 1 nitrogen and oxygen atoms in total. The van der Waals surface area contributed by atoms with Gasteiger partial charge in [-0.1, -0.05) is 19.3 Å². The fourth-order valence-electron chi connectivity index (χ4n) is 1.05. The Morgan fingerprint density at radius 1 is 1.30 bits per heavy atom. The zero-order valence-electron chi connectivity index (χ0n) is 6.48. The lowest BCUT2D eigenvalue weighted by atomic mass is 9.99. The monoisotopic (exact) mass is 146 g/mol. The summed E-state index contributed by atoms with van der Waals surface area (Å²) in [5.41, 5.74) is 0. The topological polar surface area (TPSA) is 17.1 Å². The average molecular weight is 146 g/mol. The van der Waals surface area contributed by atoms with E-state index in [0.717, 1.165) is 32.0 Å². The number of halogens is 1. The van der Waals surface area contributed by atoms with Crippen LogP contribution < -0.4 is 0 Å². The quantitative estimate of drug-likeness (QED) is 0.480. The summed E-state index contributed by atoms with van der Waals surface area (Å²) in [6.45, 7) is 1.44. The molecule has 1 saturated carbocycles. The van der Waals surface area contributed by atoms with E-state index in [1.54, 1.807) is 0 Å². The van der Waals surface area contributed by atoms with Crippen LogP contribution in [-0.4, -0.2) is 12.5 Å². The highest BCUT2D eigenvalue weighted by molar-refractivity contribution is 5.44. The van der Waals surface area contributed by atoms with Gasteiger partial charge in [0.25, 0.3) is 0 Å². The van der Waals surface area contributed by atoms with Gasteiger partial charge in [0.2, 0.25) is 0 Å². The zero-order chi connectivity index (χ0) is 7.82. The molecule has 0 aromatic carbocycles. The Morgan fingerprint density at radius 3 is 1.90 bits per heavy atom. The molecule has 0 atom stereocenters. The Kier molecular flexibility index (Phi) is 6.45. The molecule has 0 heterocycles. The Morgan fingerprint density at radius 2 is 1.70 bits per heavy atom. The molecule has 0 bridgehead atoms. The van der Waals surface area contributed by atoms with Gasteiger partial charge in [-0.25, -0.2) is 4.39 Å². The predicted octanol–water partition coefficient (Wildman–Crippen LogP) is 2.49. The molecule has 1 aliphatic rings. The second-order valence-corrected chi connectivity index (χ2v) is 2.47. The van der Waals surface area contributed by atoms with Crippen molar-refractivity contribution in [3.05, 3.63) is 0 Å². The van der Waals surface area contributed by atoms with Crippen molar-refractivity contribution in [2.24, 2.45) is 0 Å². The molecule has 0 aliphatic heterocycles. The van der Waals surface area contributed by atoms with Crippen LogP contribution in [0.1, 0.15) is 39.0 Å². The summed E-state index contributed by atoms with van der Waals surface area (Å²) in [6, 6.07) is 0. The normalized spacial score (nSPS) is 19.0. The molecular formula is C8H15FO. The first-order valence-corrected chi connectivity index (χ1v) is 3.85. The van der Waals surface area contributed by atoms with E-state index in [1.807, 2.05) is 0 Å². The van der Waals surface area contributed by atoms with Crippen LogP contribution in [0.15, 0.2) is 0 Å². The standard InChI is InChI=1S/C6H11F.C2H4O/c7-6-4-2-1-3-5-6;1-2-3/h6H,1-5H2;2H,1H3. The Bertz CT molecular complexity index is 77.3. The first-order valence-electron chi connectivity index (χ1n) is 3.85. The van der Waals surface area contributed by atoms with Crippen molar-refractivity contribution in [1.82, 2.24) is 0 Å². The van der Waals surface area contributed by atoms with Crippen molar-refractivity contribution < 1.29 is 9.18 Å². The third kappa shape index (κ3) is 5.73. The van der Waals surface area contributed by atoms with E-state index in [0.29, 0.717) is 0 Å². The molecule has 0 radical (unpaired) electrons. The summed E-state index contributed by atoms with van der Waals surface area (Å²) in [6.07, 6.45) is 5.40. The largest absolute Gasteiger partial charge is 0.304 e. The third-order valence-corrected chi connectivity index (χ3v) is 1.53. The first kappa shape index (κ1) is 9.60. The van der Waals surface area contributed by atoms with Crippen molar-refractivity contribution >= 4 is 6.29 Å². The molecule has 2 heteroatoms. The van der Waals surface area contributed by atoms with E-state index >= 15 is 0 Å². The molecule has 60 valence electrons. The van der Waals surface area contributed by atoms with E-state index in [-0.39, 0.29) is 0 Å². The Balaban J connectivity index is 0.000000236. The van der Waals surface area contributed by atoms with Gasteiger partial charge in [0, 0.05) is 0 Å². The van der Waals surface area contributed by atoms with Gasteiger partial charge in [0.1, 0.15) is 12.5 Å². The highest BCUT2D eigenvalue weighted by Crippen LogP contribution is 2.19. The Hall–Kier alpha value is -0.400. The zero-order valence-corrected chi connectivity index (χ0v) is 6.48. The highest BCUT2D eigenvalue weighted by atomic mass is 19.1. The number of hydrogen-bond donors (Lipinski definition) is 0. The maximum Gasteiger partial charge on any atom is 0.116 e. The van der Waals surface area contributed by atoms with Gasteiger partial charge in [0.05, 0.1) is 0 Å². The van der Waals surface area contributed by atoms with Crippen LogP contribution in [0.5, 0.6) is 0 Å². The molecule has 0 N–H and O–H groups in total. The van der Waals surface area contributed by atoms with Crippen LogP contribution in [-0.2, 0) is 4.79 Å².